The molecule has 2 N–H and O–H groups in total. The van der Waals surface area contributed by atoms with Crippen LogP contribution in [-0.2, 0) is 20.7 Å². The van der Waals surface area contributed by atoms with Crippen LogP contribution in [0.3, 0.4) is 0 Å². The Morgan fingerprint density at radius 1 is 1.03 bits per heavy atom. The number of primary amides is 1. The van der Waals surface area contributed by atoms with Crippen molar-refractivity contribution in [3.8, 4) is 11.1 Å². The molecule has 2 heterocycles. The summed E-state index contributed by atoms with van der Waals surface area (Å²) in [5.41, 5.74) is 11.2. The quantitative estimate of drug-likeness (QED) is 0.772. The Balaban J connectivity index is 1.55. The van der Waals surface area contributed by atoms with Crippen molar-refractivity contribution in [2.75, 3.05) is 26.3 Å². The van der Waals surface area contributed by atoms with Crippen LogP contribution in [0.5, 0.6) is 0 Å². The van der Waals surface area contributed by atoms with Crippen LogP contribution in [0.1, 0.15) is 42.4 Å². The number of benzene rings is 2. The minimum absolute atomic E-state index is 0.158. The number of likely N-dealkylation sites (tertiary alicyclic amines) is 1. The molecule has 5 heteroatoms. The third-order valence-electron chi connectivity index (χ3n) is 7.07. The molecule has 32 heavy (non-hydrogen) atoms. The number of carbonyl (C=O) groups excluding carboxylic acids is 2. The Morgan fingerprint density at radius 2 is 1.69 bits per heavy atom. The Morgan fingerprint density at radius 3 is 2.31 bits per heavy atom. The van der Waals surface area contributed by atoms with Gasteiger partial charge in [-0.1, -0.05) is 53.6 Å². The lowest BCUT2D eigenvalue weighted by Gasteiger charge is -2.42. The van der Waals surface area contributed by atoms with Crippen molar-refractivity contribution in [2.24, 2.45) is 17.1 Å². The molecule has 170 valence electrons. The summed E-state index contributed by atoms with van der Waals surface area (Å²) in [5.74, 6) is -0.378. The van der Waals surface area contributed by atoms with E-state index in [4.69, 9.17) is 10.5 Å². The first kappa shape index (κ1) is 22.5. The van der Waals surface area contributed by atoms with E-state index in [-0.39, 0.29) is 17.7 Å². The molecule has 2 saturated heterocycles. The van der Waals surface area contributed by atoms with Crippen LogP contribution >= 0.6 is 0 Å². The lowest BCUT2D eigenvalue weighted by Crippen LogP contribution is -2.52. The van der Waals surface area contributed by atoms with Gasteiger partial charge in [0, 0.05) is 26.3 Å². The van der Waals surface area contributed by atoms with E-state index in [1.165, 1.54) is 22.3 Å². The van der Waals surface area contributed by atoms with Crippen molar-refractivity contribution in [3.63, 3.8) is 0 Å². The summed E-state index contributed by atoms with van der Waals surface area (Å²) in [5, 5.41) is 0. The molecule has 0 aliphatic carbocycles. The largest absolute Gasteiger partial charge is 0.381 e. The Kier molecular flexibility index (Phi) is 6.66. The van der Waals surface area contributed by atoms with E-state index in [0.29, 0.717) is 45.6 Å². The number of carbonyl (C=O) groups is 2. The van der Waals surface area contributed by atoms with Gasteiger partial charge in [0.05, 0.1) is 11.3 Å². The number of hydrogen-bond donors (Lipinski definition) is 1. The number of ether oxygens (including phenoxy) is 1. The molecule has 0 bridgehead atoms. The minimum atomic E-state index is -0.473. The maximum absolute atomic E-state index is 13.7. The topological polar surface area (TPSA) is 72.6 Å². The molecule has 0 aromatic heterocycles. The number of hydrogen-bond acceptors (Lipinski definition) is 3. The summed E-state index contributed by atoms with van der Waals surface area (Å²) in [7, 11) is 0. The third kappa shape index (κ3) is 4.88. The molecule has 2 fully saturated rings. The average molecular weight is 435 g/mol. The Hall–Kier alpha value is -2.66. The van der Waals surface area contributed by atoms with E-state index in [9.17, 15) is 9.59 Å². The van der Waals surface area contributed by atoms with Gasteiger partial charge >= 0.3 is 0 Å². The fraction of sp³-hybridized carbons (Fsp3) is 0.481. The highest BCUT2D eigenvalue weighted by atomic mass is 16.5. The first-order valence-corrected chi connectivity index (χ1v) is 11.7. The van der Waals surface area contributed by atoms with E-state index in [1.807, 2.05) is 4.90 Å². The Bertz CT molecular complexity index is 957. The summed E-state index contributed by atoms with van der Waals surface area (Å²) in [6, 6.07) is 15.2. The molecule has 0 spiro atoms. The third-order valence-corrected chi connectivity index (χ3v) is 7.07. The fourth-order valence-corrected chi connectivity index (χ4v) is 5.30. The summed E-state index contributed by atoms with van der Waals surface area (Å²) in [6.45, 7) is 6.59. The van der Waals surface area contributed by atoms with Crippen molar-refractivity contribution in [1.82, 2.24) is 4.90 Å². The first-order valence-electron chi connectivity index (χ1n) is 11.7. The highest BCUT2D eigenvalue weighted by Crippen LogP contribution is 2.38. The highest BCUT2D eigenvalue weighted by molar-refractivity contribution is 5.85. The molecule has 0 saturated carbocycles. The summed E-state index contributed by atoms with van der Waals surface area (Å²) >= 11 is 0. The van der Waals surface area contributed by atoms with Gasteiger partial charge < -0.3 is 15.4 Å². The summed E-state index contributed by atoms with van der Waals surface area (Å²) in [4.78, 5) is 27.3. The summed E-state index contributed by atoms with van der Waals surface area (Å²) < 4.78 is 5.61. The van der Waals surface area contributed by atoms with Gasteiger partial charge in [0.2, 0.25) is 11.8 Å². The summed E-state index contributed by atoms with van der Waals surface area (Å²) in [6.07, 6.45) is 3.72. The molecule has 2 aromatic rings. The molecule has 1 atom stereocenters. The zero-order valence-electron chi connectivity index (χ0n) is 19.2. The smallest absolute Gasteiger partial charge is 0.229 e. The van der Waals surface area contributed by atoms with E-state index < -0.39 is 5.41 Å². The van der Waals surface area contributed by atoms with Crippen LogP contribution < -0.4 is 5.73 Å². The predicted octanol–water partition coefficient (Wildman–Crippen LogP) is 4.03. The molecule has 2 aromatic carbocycles. The van der Waals surface area contributed by atoms with Crippen LogP contribution in [0.2, 0.25) is 0 Å². The molecular weight excluding hydrogens is 400 g/mol. The average Bonchev–Trinajstić information content (AvgIpc) is 2.79. The first-order chi connectivity index (χ1) is 15.4. The van der Waals surface area contributed by atoms with Crippen LogP contribution in [0.15, 0.2) is 42.5 Å². The van der Waals surface area contributed by atoms with Gasteiger partial charge in [-0.3, -0.25) is 9.59 Å². The second-order valence-corrected chi connectivity index (χ2v) is 9.64. The molecular formula is C27H34N2O3. The molecule has 4 rings (SSSR count). The van der Waals surface area contributed by atoms with Gasteiger partial charge in [0.25, 0.3) is 0 Å². The number of amides is 2. The number of rotatable bonds is 5. The minimum Gasteiger partial charge on any atom is -0.381 e. The van der Waals surface area contributed by atoms with Crippen molar-refractivity contribution < 1.29 is 14.3 Å². The predicted molar refractivity (Wildman–Crippen MR) is 126 cm³/mol. The fourth-order valence-electron chi connectivity index (χ4n) is 5.30. The van der Waals surface area contributed by atoms with Gasteiger partial charge in [-0.15, -0.1) is 0 Å². The van der Waals surface area contributed by atoms with E-state index in [0.717, 1.165) is 18.4 Å². The van der Waals surface area contributed by atoms with Crippen molar-refractivity contribution >= 4 is 11.8 Å². The van der Waals surface area contributed by atoms with Crippen molar-refractivity contribution in [1.29, 1.82) is 0 Å². The van der Waals surface area contributed by atoms with E-state index >= 15 is 0 Å². The van der Waals surface area contributed by atoms with Crippen LogP contribution in [-0.4, -0.2) is 43.0 Å². The van der Waals surface area contributed by atoms with Crippen molar-refractivity contribution in [2.45, 2.75) is 46.0 Å². The Labute approximate surface area is 190 Å². The lowest BCUT2D eigenvalue weighted by atomic mass is 9.73. The molecule has 2 amide bonds. The zero-order valence-corrected chi connectivity index (χ0v) is 19.2. The van der Waals surface area contributed by atoms with Gasteiger partial charge in [-0.2, -0.15) is 0 Å². The van der Waals surface area contributed by atoms with Crippen LogP contribution in [0, 0.1) is 25.2 Å². The highest BCUT2D eigenvalue weighted by Gasteiger charge is 2.43. The van der Waals surface area contributed by atoms with Crippen LogP contribution in [0.4, 0.5) is 0 Å². The number of nitrogens with zero attached hydrogens (tertiary/aromatic N) is 1. The number of aryl methyl sites for hydroxylation is 2. The molecule has 0 radical (unpaired) electrons. The molecule has 2 aliphatic rings. The SMILES string of the molecule is Cc1cc(C)cc(-c2ccc(CC3(C(=O)N4CCC[C@H](C(N)=O)C4)CCOCC3)cc2)c1. The standard InChI is InChI=1S/C27H34N2O3/c1-19-14-20(2)16-24(15-19)22-7-5-21(6-8-22)17-27(9-12-32-13-10-27)26(31)29-11-3-4-23(18-29)25(28)30/h5-8,14-16,23H,3-4,9-13,17-18H2,1-2H3,(H2,28,30)/t23-/m0/s1. The molecule has 0 unspecified atom stereocenters. The van der Waals surface area contributed by atoms with Gasteiger partial charge in [-0.25, -0.2) is 0 Å². The molecule has 2 aliphatic heterocycles. The van der Waals surface area contributed by atoms with E-state index in [2.05, 4.69) is 56.3 Å². The monoisotopic (exact) mass is 434 g/mol. The van der Waals surface area contributed by atoms with Gasteiger partial charge in [0.15, 0.2) is 0 Å². The normalized spacial score (nSPS) is 20.7. The van der Waals surface area contributed by atoms with Gasteiger partial charge in [0.1, 0.15) is 0 Å². The lowest BCUT2D eigenvalue weighted by molar-refractivity contribution is -0.150. The van der Waals surface area contributed by atoms with Crippen molar-refractivity contribution in [3.05, 3.63) is 59.2 Å². The van der Waals surface area contributed by atoms with Crippen LogP contribution in [0.25, 0.3) is 11.1 Å². The number of nitrogens with two attached hydrogens (primary N) is 1. The molecule has 5 nitrogen and oxygen atoms in total. The maximum Gasteiger partial charge on any atom is 0.229 e. The second-order valence-electron chi connectivity index (χ2n) is 9.64. The van der Waals surface area contributed by atoms with Gasteiger partial charge in [-0.05, 0) is 62.6 Å². The second kappa shape index (κ2) is 9.45. The van der Waals surface area contributed by atoms with E-state index in [1.54, 1.807) is 0 Å². The zero-order chi connectivity index (χ0) is 22.7. The number of piperidine rings is 1. The maximum atomic E-state index is 13.7.